The lowest BCUT2D eigenvalue weighted by Gasteiger charge is -2.15. The van der Waals surface area contributed by atoms with Crippen LogP contribution in [0.15, 0.2) is 42.5 Å². The number of carbonyl (C=O) groups is 1. The molecule has 2 aromatic carbocycles. The molecule has 1 fully saturated rings. The van der Waals surface area contributed by atoms with E-state index in [1.807, 2.05) is 18.2 Å². The van der Waals surface area contributed by atoms with Crippen molar-refractivity contribution in [3.63, 3.8) is 0 Å². The summed E-state index contributed by atoms with van der Waals surface area (Å²) in [6, 6.07) is 14.5. The molecule has 0 aliphatic heterocycles. The highest BCUT2D eigenvalue weighted by Crippen LogP contribution is 2.24. The Kier molecular flexibility index (Phi) is 3.70. The molecular formula is C17H20N2O. The van der Waals surface area contributed by atoms with Gasteiger partial charge in [-0.1, -0.05) is 48.9 Å². The third-order valence-electron chi connectivity index (χ3n) is 4.24. The minimum atomic E-state index is -0.00928. The summed E-state index contributed by atoms with van der Waals surface area (Å²) in [6.45, 7) is 0.573. The number of nitrogens with two attached hydrogens (primary N) is 1. The van der Waals surface area contributed by atoms with Crippen LogP contribution in [0.3, 0.4) is 0 Å². The highest BCUT2D eigenvalue weighted by atomic mass is 16.1. The number of carbonyl (C=O) groups excluding carboxylic acids is 1. The van der Waals surface area contributed by atoms with Crippen LogP contribution in [0.4, 0.5) is 0 Å². The Bertz CT molecular complexity index is 618. The summed E-state index contributed by atoms with van der Waals surface area (Å²) in [5.41, 5.74) is 7.13. The average molecular weight is 268 g/mol. The van der Waals surface area contributed by atoms with E-state index >= 15 is 0 Å². The molecule has 0 spiro atoms. The van der Waals surface area contributed by atoms with Gasteiger partial charge >= 0.3 is 0 Å². The molecule has 3 heteroatoms. The predicted molar refractivity (Wildman–Crippen MR) is 81.1 cm³/mol. The third-order valence-corrected chi connectivity index (χ3v) is 4.24. The van der Waals surface area contributed by atoms with Crippen molar-refractivity contribution in [2.75, 3.05) is 0 Å². The van der Waals surface area contributed by atoms with Crippen LogP contribution in [0.5, 0.6) is 0 Å². The lowest BCUT2D eigenvalue weighted by Crippen LogP contribution is -2.38. The van der Waals surface area contributed by atoms with Crippen molar-refractivity contribution in [1.29, 1.82) is 0 Å². The van der Waals surface area contributed by atoms with Crippen LogP contribution in [0.1, 0.15) is 24.8 Å². The monoisotopic (exact) mass is 268 g/mol. The first kappa shape index (κ1) is 13.1. The fraction of sp³-hybridized carbons (Fsp3) is 0.353. The summed E-state index contributed by atoms with van der Waals surface area (Å²) in [5, 5.41) is 5.45. The van der Waals surface area contributed by atoms with Gasteiger partial charge in [-0.05, 0) is 29.2 Å². The molecule has 0 saturated heterocycles. The molecule has 0 heterocycles. The second-order valence-corrected chi connectivity index (χ2v) is 5.56. The Morgan fingerprint density at radius 1 is 1.15 bits per heavy atom. The van der Waals surface area contributed by atoms with Crippen molar-refractivity contribution in [1.82, 2.24) is 5.32 Å². The molecule has 2 aromatic rings. The van der Waals surface area contributed by atoms with Crippen LogP contribution < -0.4 is 11.1 Å². The maximum atomic E-state index is 12.2. The van der Waals surface area contributed by atoms with Crippen LogP contribution in [0, 0.1) is 5.92 Å². The van der Waals surface area contributed by atoms with Gasteiger partial charge in [0.25, 0.3) is 0 Å². The van der Waals surface area contributed by atoms with E-state index in [1.54, 1.807) is 0 Å². The molecule has 0 radical (unpaired) electrons. The zero-order valence-electron chi connectivity index (χ0n) is 11.5. The number of rotatable bonds is 3. The van der Waals surface area contributed by atoms with E-state index in [0.29, 0.717) is 6.54 Å². The standard InChI is InChI=1S/C17H20N2O/c18-16-10-4-9-15(16)17(20)19-11-13-7-3-6-12-5-1-2-8-14(12)13/h1-3,5-8,15-16H,4,9-11,18H2,(H,19,20). The van der Waals surface area contributed by atoms with Crippen LogP contribution in [0.25, 0.3) is 10.8 Å². The summed E-state index contributed by atoms with van der Waals surface area (Å²) in [6.07, 6.45) is 2.95. The van der Waals surface area contributed by atoms with Gasteiger partial charge in [-0.25, -0.2) is 0 Å². The second kappa shape index (κ2) is 5.63. The summed E-state index contributed by atoms with van der Waals surface area (Å²) in [7, 11) is 0. The second-order valence-electron chi connectivity index (χ2n) is 5.56. The molecular weight excluding hydrogens is 248 g/mol. The normalized spacial score (nSPS) is 22.1. The largest absolute Gasteiger partial charge is 0.352 e. The van der Waals surface area contributed by atoms with E-state index in [9.17, 15) is 4.79 Å². The van der Waals surface area contributed by atoms with Gasteiger partial charge in [-0.15, -0.1) is 0 Å². The van der Waals surface area contributed by atoms with Crippen molar-refractivity contribution < 1.29 is 4.79 Å². The summed E-state index contributed by atoms with van der Waals surface area (Å²) in [4.78, 5) is 12.2. The number of hydrogen-bond acceptors (Lipinski definition) is 2. The molecule has 0 aromatic heterocycles. The summed E-state index contributed by atoms with van der Waals surface area (Å²) in [5.74, 6) is 0.0907. The maximum Gasteiger partial charge on any atom is 0.224 e. The minimum absolute atomic E-state index is 0.00928. The number of hydrogen-bond donors (Lipinski definition) is 2. The molecule has 1 aliphatic rings. The van der Waals surface area contributed by atoms with Gasteiger partial charge in [0.1, 0.15) is 0 Å². The summed E-state index contributed by atoms with van der Waals surface area (Å²) >= 11 is 0. The van der Waals surface area contributed by atoms with E-state index in [0.717, 1.165) is 24.8 Å². The zero-order valence-corrected chi connectivity index (χ0v) is 11.5. The highest BCUT2D eigenvalue weighted by Gasteiger charge is 2.29. The van der Waals surface area contributed by atoms with Crippen molar-refractivity contribution in [2.45, 2.75) is 31.8 Å². The lowest BCUT2D eigenvalue weighted by atomic mass is 10.0. The molecule has 3 rings (SSSR count). The SMILES string of the molecule is NC1CCCC1C(=O)NCc1cccc2ccccc12. The fourth-order valence-electron chi connectivity index (χ4n) is 3.07. The first-order valence-electron chi connectivity index (χ1n) is 7.25. The summed E-state index contributed by atoms with van der Waals surface area (Å²) < 4.78 is 0. The first-order valence-corrected chi connectivity index (χ1v) is 7.25. The molecule has 2 unspecified atom stereocenters. The Morgan fingerprint density at radius 2 is 1.95 bits per heavy atom. The van der Waals surface area contributed by atoms with Crippen molar-refractivity contribution >= 4 is 16.7 Å². The Hall–Kier alpha value is -1.87. The molecule has 3 nitrogen and oxygen atoms in total. The van der Waals surface area contributed by atoms with Crippen molar-refractivity contribution in [3.05, 3.63) is 48.0 Å². The van der Waals surface area contributed by atoms with Crippen molar-refractivity contribution in [2.24, 2.45) is 11.7 Å². The number of fused-ring (bicyclic) bond motifs is 1. The van der Waals surface area contributed by atoms with E-state index in [2.05, 4.69) is 29.6 Å². The lowest BCUT2D eigenvalue weighted by molar-refractivity contribution is -0.125. The Morgan fingerprint density at radius 3 is 2.75 bits per heavy atom. The third kappa shape index (κ3) is 2.54. The maximum absolute atomic E-state index is 12.2. The van der Waals surface area contributed by atoms with E-state index in [1.165, 1.54) is 10.8 Å². The van der Waals surface area contributed by atoms with Crippen molar-refractivity contribution in [3.8, 4) is 0 Å². The Balaban J connectivity index is 1.72. The van der Waals surface area contributed by atoms with E-state index in [4.69, 9.17) is 5.73 Å². The topological polar surface area (TPSA) is 55.1 Å². The van der Waals surface area contributed by atoms with Gasteiger partial charge < -0.3 is 11.1 Å². The van der Waals surface area contributed by atoms with E-state index in [-0.39, 0.29) is 17.9 Å². The number of nitrogens with one attached hydrogen (secondary N) is 1. The molecule has 1 saturated carbocycles. The molecule has 1 aliphatic carbocycles. The number of benzene rings is 2. The fourth-order valence-corrected chi connectivity index (χ4v) is 3.07. The molecule has 3 N–H and O–H groups in total. The van der Waals surface area contributed by atoms with Gasteiger partial charge in [0.2, 0.25) is 5.91 Å². The molecule has 20 heavy (non-hydrogen) atoms. The predicted octanol–water partition coefficient (Wildman–Crippen LogP) is 2.58. The van der Waals surface area contributed by atoms with Crippen LogP contribution >= 0.6 is 0 Å². The Labute approximate surface area is 119 Å². The van der Waals surface area contributed by atoms with Crippen LogP contribution in [-0.2, 0) is 11.3 Å². The van der Waals surface area contributed by atoms with Crippen LogP contribution in [-0.4, -0.2) is 11.9 Å². The highest BCUT2D eigenvalue weighted by molar-refractivity contribution is 5.86. The minimum Gasteiger partial charge on any atom is -0.352 e. The van der Waals surface area contributed by atoms with Gasteiger partial charge in [0.05, 0.1) is 5.92 Å². The molecule has 1 amide bonds. The van der Waals surface area contributed by atoms with Gasteiger partial charge in [0.15, 0.2) is 0 Å². The zero-order chi connectivity index (χ0) is 13.9. The van der Waals surface area contributed by atoms with Gasteiger partial charge in [-0.2, -0.15) is 0 Å². The van der Waals surface area contributed by atoms with Crippen LogP contribution in [0.2, 0.25) is 0 Å². The van der Waals surface area contributed by atoms with Gasteiger partial charge in [0, 0.05) is 12.6 Å². The quantitative estimate of drug-likeness (QED) is 0.899. The molecule has 0 bridgehead atoms. The molecule has 2 atom stereocenters. The smallest absolute Gasteiger partial charge is 0.224 e. The van der Waals surface area contributed by atoms with Gasteiger partial charge in [-0.3, -0.25) is 4.79 Å². The number of amides is 1. The van der Waals surface area contributed by atoms with E-state index < -0.39 is 0 Å². The first-order chi connectivity index (χ1) is 9.75. The average Bonchev–Trinajstić information content (AvgIpc) is 2.91. The molecule has 104 valence electrons.